The molecule has 0 aliphatic heterocycles. The average molecular weight is 267 g/mol. The van der Waals surface area contributed by atoms with Gasteiger partial charge in [-0.2, -0.15) is 0 Å². The number of primary amides is 1. The Kier molecular flexibility index (Phi) is 7.29. The van der Waals surface area contributed by atoms with Gasteiger partial charge in [-0.15, -0.1) is 11.8 Å². The first kappa shape index (κ1) is 14.9. The molecule has 0 fully saturated rings. The molecule has 100 valence electrons. The Labute approximate surface area is 113 Å². The fraction of sp³-hybridized carbons (Fsp3) is 0.462. The van der Waals surface area contributed by atoms with Crippen molar-refractivity contribution >= 4 is 17.8 Å². The third-order valence-electron chi connectivity index (χ3n) is 2.51. The number of benzene rings is 1. The van der Waals surface area contributed by atoms with Gasteiger partial charge in [0.2, 0.25) is 0 Å². The molecule has 0 radical (unpaired) electrons. The van der Waals surface area contributed by atoms with Gasteiger partial charge in [-0.1, -0.05) is 24.6 Å². The van der Waals surface area contributed by atoms with Gasteiger partial charge in [-0.05, 0) is 25.0 Å². The van der Waals surface area contributed by atoms with Gasteiger partial charge < -0.3 is 16.8 Å². The van der Waals surface area contributed by atoms with Crippen LogP contribution in [0.3, 0.4) is 0 Å². The van der Waals surface area contributed by atoms with Crippen LogP contribution in [0.2, 0.25) is 0 Å². The number of nitrogens with one attached hydrogen (secondary N) is 1. The van der Waals surface area contributed by atoms with Gasteiger partial charge in [-0.3, -0.25) is 0 Å². The largest absolute Gasteiger partial charge is 0.352 e. The predicted octanol–water partition coefficient (Wildman–Crippen LogP) is 1.94. The van der Waals surface area contributed by atoms with Crippen LogP contribution in [0, 0.1) is 0 Å². The van der Waals surface area contributed by atoms with E-state index in [-0.39, 0.29) is 6.04 Å². The summed E-state index contributed by atoms with van der Waals surface area (Å²) in [5.74, 6) is 0.924. The van der Waals surface area contributed by atoms with Crippen LogP contribution in [0.1, 0.15) is 19.3 Å². The molecule has 1 aromatic carbocycles. The molecular weight excluding hydrogens is 246 g/mol. The van der Waals surface area contributed by atoms with E-state index in [1.54, 1.807) is 11.8 Å². The summed E-state index contributed by atoms with van der Waals surface area (Å²) in [6.45, 7) is 0.633. The number of carbonyl (C=O) groups is 1. The number of amides is 2. The summed E-state index contributed by atoms with van der Waals surface area (Å²) in [7, 11) is 0. The van der Waals surface area contributed by atoms with Crippen LogP contribution >= 0.6 is 11.8 Å². The minimum absolute atomic E-state index is 0.198. The van der Waals surface area contributed by atoms with Crippen LogP contribution < -0.4 is 16.8 Å². The van der Waals surface area contributed by atoms with Crippen LogP contribution in [0.25, 0.3) is 0 Å². The number of rotatable bonds is 8. The third-order valence-corrected chi connectivity index (χ3v) is 3.71. The maximum atomic E-state index is 10.4. The molecule has 2 amide bonds. The average Bonchev–Trinajstić information content (AvgIpc) is 2.37. The lowest BCUT2D eigenvalue weighted by atomic mass is 10.1. The normalized spacial score (nSPS) is 12.1. The summed E-state index contributed by atoms with van der Waals surface area (Å²) in [6.07, 6.45) is 2.91. The standard InChI is InChI=1S/C13H21N3OS/c14-11(6-4-5-9-16-13(15)17)10-18-12-7-2-1-3-8-12/h1-3,7-8,11H,4-6,9-10,14H2,(H3,15,16,17)/t11-/m1/s1. The maximum absolute atomic E-state index is 10.4. The summed E-state index contributed by atoms with van der Waals surface area (Å²) in [6, 6.07) is 9.99. The molecule has 0 heterocycles. The molecule has 4 nitrogen and oxygen atoms in total. The minimum Gasteiger partial charge on any atom is -0.352 e. The summed E-state index contributed by atoms with van der Waals surface area (Å²) in [5.41, 5.74) is 11.0. The zero-order valence-corrected chi connectivity index (χ0v) is 11.3. The Morgan fingerprint density at radius 1 is 1.28 bits per heavy atom. The van der Waals surface area contributed by atoms with Crippen molar-refractivity contribution in [3.8, 4) is 0 Å². The number of thioether (sulfide) groups is 1. The third kappa shape index (κ3) is 7.19. The maximum Gasteiger partial charge on any atom is 0.312 e. The van der Waals surface area contributed by atoms with Crippen LogP contribution in [-0.4, -0.2) is 24.4 Å². The Morgan fingerprint density at radius 2 is 2.00 bits per heavy atom. The molecule has 5 heteroatoms. The van der Waals surface area contributed by atoms with Crippen molar-refractivity contribution in [1.82, 2.24) is 5.32 Å². The molecule has 0 saturated heterocycles. The van der Waals surface area contributed by atoms with Gasteiger partial charge in [-0.25, -0.2) is 4.79 Å². The van der Waals surface area contributed by atoms with E-state index in [2.05, 4.69) is 17.4 Å². The highest BCUT2D eigenvalue weighted by Crippen LogP contribution is 2.18. The van der Waals surface area contributed by atoms with Gasteiger partial charge in [0.05, 0.1) is 0 Å². The SMILES string of the molecule is NC(=O)NCCCC[C@@H](N)CSc1ccccc1. The van der Waals surface area contributed by atoms with E-state index in [4.69, 9.17) is 11.5 Å². The smallest absolute Gasteiger partial charge is 0.312 e. The van der Waals surface area contributed by atoms with Gasteiger partial charge in [0.15, 0.2) is 0 Å². The van der Waals surface area contributed by atoms with Crippen molar-refractivity contribution in [2.75, 3.05) is 12.3 Å². The molecule has 18 heavy (non-hydrogen) atoms. The quantitative estimate of drug-likeness (QED) is 0.497. The van der Waals surface area contributed by atoms with Crippen molar-refractivity contribution in [2.24, 2.45) is 11.5 Å². The lowest BCUT2D eigenvalue weighted by Crippen LogP contribution is -2.30. The van der Waals surface area contributed by atoms with E-state index in [9.17, 15) is 4.79 Å². The zero-order chi connectivity index (χ0) is 13.2. The van der Waals surface area contributed by atoms with Gasteiger partial charge in [0, 0.05) is 23.2 Å². The van der Waals surface area contributed by atoms with Crippen LogP contribution in [0.15, 0.2) is 35.2 Å². The number of unbranched alkanes of at least 4 members (excludes halogenated alkanes) is 1. The summed E-state index contributed by atoms with van der Waals surface area (Å²) in [5, 5.41) is 2.57. The molecule has 1 atom stereocenters. The lowest BCUT2D eigenvalue weighted by Gasteiger charge is -2.11. The van der Waals surface area contributed by atoms with Gasteiger partial charge in [0.1, 0.15) is 0 Å². The molecule has 0 saturated carbocycles. The van der Waals surface area contributed by atoms with Crippen LogP contribution in [0.5, 0.6) is 0 Å². The zero-order valence-electron chi connectivity index (χ0n) is 10.5. The molecule has 0 unspecified atom stereocenters. The molecule has 5 N–H and O–H groups in total. The van der Waals surface area contributed by atoms with E-state index in [0.29, 0.717) is 6.54 Å². The monoisotopic (exact) mass is 267 g/mol. The molecule has 0 aromatic heterocycles. The molecule has 0 spiro atoms. The van der Waals surface area contributed by atoms with E-state index in [1.165, 1.54) is 4.90 Å². The molecular formula is C13H21N3OS. The summed E-state index contributed by atoms with van der Waals surface area (Å²) in [4.78, 5) is 11.7. The first-order valence-corrected chi connectivity index (χ1v) is 7.14. The van der Waals surface area contributed by atoms with Crippen molar-refractivity contribution in [3.05, 3.63) is 30.3 Å². The minimum atomic E-state index is -0.459. The molecule has 1 rings (SSSR count). The molecule has 1 aromatic rings. The molecule has 0 aliphatic rings. The van der Waals surface area contributed by atoms with Gasteiger partial charge >= 0.3 is 6.03 Å². The predicted molar refractivity (Wildman–Crippen MR) is 76.6 cm³/mol. The fourth-order valence-corrected chi connectivity index (χ4v) is 2.47. The van der Waals surface area contributed by atoms with Crippen molar-refractivity contribution in [2.45, 2.75) is 30.2 Å². The lowest BCUT2D eigenvalue weighted by molar-refractivity contribution is 0.248. The van der Waals surface area contributed by atoms with Gasteiger partial charge in [0.25, 0.3) is 0 Å². The summed E-state index contributed by atoms with van der Waals surface area (Å²) < 4.78 is 0. The van der Waals surface area contributed by atoms with E-state index < -0.39 is 6.03 Å². The highest BCUT2D eigenvalue weighted by atomic mass is 32.2. The van der Waals surface area contributed by atoms with E-state index >= 15 is 0 Å². The number of carbonyl (C=O) groups excluding carboxylic acids is 1. The van der Waals surface area contributed by atoms with Crippen LogP contribution in [-0.2, 0) is 0 Å². The number of urea groups is 1. The second kappa shape index (κ2) is 8.83. The fourth-order valence-electron chi connectivity index (χ4n) is 1.55. The summed E-state index contributed by atoms with van der Waals surface area (Å²) >= 11 is 1.78. The Morgan fingerprint density at radius 3 is 2.67 bits per heavy atom. The second-order valence-electron chi connectivity index (χ2n) is 4.17. The Hall–Kier alpha value is -1.20. The number of hydrogen-bond acceptors (Lipinski definition) is 3. The first-order valence-electron chi connectivity index (χ1n) is 6.15. The van der Waals surface area contributed by atoms with Crippen molar-refractivity contribution < 1.29 is 4.79 Å². The number of hydrogen-bond donors (Lipinski definition) is 3. The van der Waals surface area contributed by atoms with E-state index in [0.717, 1.165) is 25.0 Å². The van der Waals surface area contributed by atoms with Crippen molar-refractivity contribution in [1.29, 1.82) is 0 Å². The first-order chi connectivity index (χ1) is 8.68. The Balaban J connectivity index is 2.04. The second-order valence-corrected chi connectivity index (χ2v) is 5.26. The Bertz CT molecular complexity index is 345. The molecule has 0 bridgehead atoms. The molecule has 0 aliphatic carbocycles. The highest BCUT2D eigenvalue weighted by Gasteiger charge is 2.03. The van der Waals surface area contributed by atoms with E-state index in [1.807, 2.05) is 18.2 Å². The highest BCUT2D eigenvalue weighted by molar-refractivity contribution is 7.99. The topological polar surface area (TPSA) is 81.1 Å². The van der Waals surface area contributed by atoms with Crippen LogP contribution in [0.4, 0.5) is 4.79 Å². The van der Waals surface area contributed by atoms with Crippen molar-refractivity contribution in [3.63, 3.8) is 0 Å². The number of nitrogens with two attached hydrogens (primary N) is 2.